The second kappa shape index (κ2) is 6.39. The average molecular weight is 312 g/mol. The maximum Gasteiger partial charge on any atom is 0.300 e. The van der Waals surface area contributed by atoms with Crippen LogP contribution in [0.15, 0.2) is 12.3 Å². The van der Waals surface area contributed by atoms with E-state index in [1.807, 2.05) is 0 Å². The van der Waals surface area contributed by atoms with Crippen molar-refractivity contribution in [2.45, 2.75) is 38.6 Å². The number of amides is 1. The summed E-state index contributed by atoms with van der Waals surface area (Å²) in [4.78, 5) is 28.2. The summed E-state index contributed by atoms with van der Waals surface area (Å²) in [5.41, 5.74) is -0.304. The molecule has 0 bridgehead atoms. The predicted octanol–water partition coefficient (Wildman–Crippen LogP) is 3.29. The van der Waals surface area contributed by atoms with Crippen molar-refractivity contribution in [3.8, 4) is 0 Å². The van der Waals surface area contributed by atoms with E-state index in [1.165, 1.54) is 6.07 Å². The number of aromatic nitrogens is 1. The molecule has 1 aromatic heterocycles. The summed E-state index contributed by atoms with van der Waals surface area (Å²) in [6.07, 6.45) is 5.03. The second-order valence-electron chi connectivity index (χ2n) is 5.61. The van der Waals surface area contributed by atoms with E-state index in [1.54, 1.807) is 11.9 Å². The fraction of sp³-hybridized carbons (Fsp3) is 0.571. The fourth-order valence-corrected chi connectivity index (χ4v) is 2.88. The van der Waals surface area contributed by atoms with Crippen LogP contribution in [-0.2, 0) is 0 Å². The normalized spacial score (nSPS) is 21.9. The minimum Gasteiger partial charge on any atom is -0.339 e. The number of nitrogens with zero attached hydrogens (tertiary/aromatic N) is 3. The molecule has 1 amide bonds. The van der Waals surface area contributed by atoms with E-state index in [9.17, 15) is 14.9 Å². The molecule has 0 aromatic carbocycles. The van der Waals surface area contributed by atoms with Gasteiger partial charge in [0.1, 0.15) is 16.9 Å². The van der Waals surface area contributed by atoms with Crippen LogP contribution in [0.5, 0.6) is 0 Å². The molecule has 7 heteroatoms. The summed E-state index contributed by atoms with van der Waals surface area (Å²) in [7, 11) is 1.70. The third kappa shape index (κ3) is 3.50. The van der Waals surface area contributed by atoms with Gasteiger partial charge in [-0.05, 0) is 37.7 Å². The van der Waals surface area contributed by atoms with Crippen LogP contribution in [0, 0.1) is 16.0 Å². The van der Waals surface area contributed by atoms with E-state index in [-0.39, 0.29) is 28.4 Å². The van der Waals surface area contributed by atoms with Crippen LogP contribution in [-0.4, -0.2) is 33.8 Å². The lowest BCUT2D eigenvalue weighted by Crippen LogP contribution is -2.39. The molecule has 1 saturated carbocycles. The molecule has 0 radical (unpaired) electrons. The SMILES string of the molecule is CC1CCC(N(C)C(=O)c2cc(Cl)ncc2[N+](=O)[O-])CC1. The van der Waals surface area contributed by atoms with Gasteiger partial charge in [0.2, 0.25) is 0 Å². The predicted molar refractivity (Wildman–Crippen MR) is 79.4 cm³/mol. The zero-order chi connectivity index (χ0) is 15.6. The molecule has 114 valence electrons. The van der Waals surface area contributed by atoms with Crippen LogP contribution in [0.2, 0.25) is 5.15 Å². The first kappa shape index (κ1) is 15.7. The highest BCUT2D eigenvalue weighted by Crippen LogP contribution is 2.29. The van der Waals surface area contributed by atoms with Gasteiger partial charge in [0, 0.05) is 13.1 Å². The highest BCUT2D eigenvalue weighted by atomic mass is 35.5. The van der Waals surface area contributed by atoms with Gasteiger partial charge in [0.15, 0.2) is 0 Å². The summed E-state index contributed by atoms with van der Waals surface area (Å²) in [6.45, 7) is 2.20. The van der Waals surface area contributed by atoms with E-state index in [2.05, 4.69) is 11.9 Å². The van der Waals surface area contributed by atoms with Crippen LogP contribution in [0.4, 0.5) is 5.69 Å². The van der Waals surface area contributed by atoms with Gasteiger partial charge < -0.3 is 4.90 Å². The van der Waals surface area contributed by atoms with Crippen molar-refractivity contribution in [1.29, 1.82) is 0 Å². The molecule has 1 aliphatic rings. The van der Waals surface area contributed by atoms with Crippen molar-refractivity contribution >= 4 is 23.2 Å². The molecule has 1 fully saturated rings. The fourth-order valence-electron chi connectivity index (χ4n) is 2.73. The van der Waals surface area contributed by atoms with Crippen LogP contribution < -0.4 is 0 Å². The Morgan fingerprint density at radius 3 is 2.62 bits per heavy atom. The van der Waals surface area contributed by atoms with Crippen molar-refractivity contribution in [3.63, 3.8) is 0 Å². The summed E-state index contributed by atoms with van der Waals surface area (Å²) < 4.78 is 0. The van der Waals surface area contributed by atoms with Gasteiger partial charge in [-0.2, -0.15) is 0 Å². The van der Waals surface area contributed by atoms with E-state index in [0.717, 1.165) is 31.9 Å². The number of pyridine rings is 1. The zero-order valence-electron chi connectivity index (χ0n) is 12.1. The molecule has 6 nitrogen and oxygen atoms in total. The Hall–Kier alpha value is -1.69. The summed E-state index contributed by atoms with van der Waals surface area (Å²) in [5.74, 6) is 0.306. The van der Waals surface area contributed by atoms with E-state index < -0.39 is 4.92 Å². The van der Waals surface area contributed by atoms with Crippen LogP contribution in [0.3, 0.4) is 0 Å². The number of halogens is 1. The van der Waals surface area contributed by atoms with E-state index >= 15 is 0 Å². The van der Waals surface area contributed by atoms with Crippen molar-refractivity contribution < 1.29 is 9.72 Å². The molecule has 21 heavy (non-hydrogen) atoms. The Bertz CT molecular complexity index is 556. The lowest BCUT2D eigenvalue weighted by atomic mass is 9.86. The van der Waals surface area contributed by atoms with Gasteiger partial charge in [-0.1, -0.05) is 18.5 Å². The first-order chi connectivity index (χ1) is 9.90. The number of carbonyl (C=O) groups is 1. The molecule has 1 aliphatic carbocycles. The monoisotopic (exact) mass is 311 g/mol. The quantitative estimate of drug-likeness (QED) is 0.487. The molecule has 1 aromatic rings. The Morgan fingerprint density at radius 1 is 1.43 bits per heavy atom. The molecule has 0 atom stereocenters. The van der Waals surface area contributed by atoms with E-state index in [0.29, 0.717) is 5.92 Å². The van der Waals surface area contributed by atoms with Crippen molar-refractivity contribution in [2.24, 2.45) is 5.92 Å². The molecular formula is C14H18ClN3O3. The van der Waals surface area contributed by atoms with Crippen molar-refractivity contribution in [2.75, 3.05) is 7.05 Å². The third-order valence-electron chi connectivity index (χ3n) is 4.13. The van der Waals surface area contributed by atoms with Gasteiger partial charge in [0.05, 0.1) is 4.92 Å². The highest BCUT2D eigenvalue weighted by molar-refractivity contribution is 6.29. The lowest BCUT2D eigenvalue weighted by Gasteiger charge is -2.33. The number of carbonyl (C=O) groups excluding carboxylic acids is 1. The van der Waals surface area contributed by atoms with Gasteiger partial charge in [-0.25, -0.2) is 4.98 Å². The van der Waals surface area contributed by atoms with Crippen LogP contribution in [0.1, 0.15) is 43.0 Å². The third-order valence-corrected chi connectivity index (χ3v) is 4.34. The standard InChI is InChI=1S/C14H18ClN3O3/c1-9-3-5-10(6-4-9)17(2)14(19)11-7-13(15)16-8-12(11)18(20)21/h7-10H,3-6H2,1-2H3. The number of hydrogen-bond donors (Lipinski definition) is 0. The van der Waals surface area contributed by atoms with E-state index in [4.69, 9.17) is 11.6 Å². The van der Waals surface area contributed by atoms with Crippen LogP contribution >= 0.6 is 11.6 Å². The highest BCUT2D eigenvalue weighted by Gasteiger charge is 2.29. The van der Waals surface area contributed by atoms with Crippen molar-refractivity contribution in [3.05, 3.63) is 33.1 Å². The number of hydrogen-bond acceptors (Lipinski definition) is 4. The Balaban J connectivity index is 2.23. The maximum absolute atomic E-state index is 12.5. The molecule has 0 unspecified atom stereocenters. The topological polar surface area (TPSA) is 76.3 Å². The Morgan fingerprint density at radius 2 is 2.05 bits per heavy atom. The largest absolute Gasteiger partial charge is 0.339 e. The minimum absolute atomic E-state index is 0.00104. The molecule has 0 N–H and O–H groups in total. The molecule has 2 rings (SSSR count). The average Bonchev–Trinajstić information content (AvgIpc) is 2.46. The van der Waals surface area contributed by atoms with Gasteiger partial charge in [0.25, 0.3) is 11.6 Å². The van der Waals surface area contributed by atoms with Gasteiger partial charge in [-0.15, -0.1) is 0 Å². The van der Waals surface area contributed by atoms with Crippen LogP contribution in [0.25, 0.3) is 0 Å². The Labute approximate surface area is 128 Å². The Kier molecular flexibility index (Phi) is 4.77. The first-order valence-corrected chi connectivity index (χ1v) is 7.35. The molecule has 1 heterocycles. The summed E-state index contributed by atoms with van der Waals surface area (Å²) in [5, 5.41) is 11.1. The molecule has 0 spiro atoms. The summed E-state index contributed by atoms with van der Waals surface area (Å²) >= 11 is 5.77. The smallest absolute Gasteiger partial charge is 0.300 e. The molecule has 0 saturated heterocycles. The first-order valence-electron chi connectivity index (χ1n) is 6.97. The molecule has 0 aliphatic heterocycles. The molecular weight excluding hydrogens is 294 g/mol. The number of nitro groups is 1. The minimum atomic E-state index is -0.604. The zero-order valence-corrected chi connectivity index (χ0v) is 12.8. The summed E-state index contributed by atoms with van der Waals surface area (Å²) in [6, 6.07) is 1.39. The lowest BCUT2D eigenvalue weighted by molar-refractivity contribution is -0.385. The van der Waals surface area contributed by atoms with Crippen molar-refractivity contribution in [1.82, 2.24) is 9.88 Å². The maximum atomic E-state index is 12.5. The second-order valence-corrected chi connectivity index (χ2v) is 6.00. The van der Waals surface area contributed by atoms with Gasteiger partial charge in [-0.3, -0.25) is 14.9 Å². The number of rotatable bonds is 3. The van der Waals surface area contributed by atoms with Gasteiger partial charge >= 0.3 is 0 Å².